The minimum Gasteiger partial charge on any atom is -0.496 e. The van der Waals surface area contributed by atoms with Gasteiger partial charge in [-0.3, -0.25) is 9.52 Å². The Balaban J connectivity index is 1.97. The van der Waals surface area contributed by atoms with Gasteiger partial charge in [0.2, 0.25) is 16.8 Å². The molecule has 0 aromatic heterocycles. The highest BCUT2D eigenvalue weighted by Gasteiger charge is 2.53. The number of carbonyl (C=O) groups excluding carboxylic acids is 1. The Kier molecular flexibility index (Phi) is 3.62. The highest BCUT2D eigenvalue weighted by molar-refractivity contribution is 7.71. The molecule has 1 aromatic carbocycles. The fourth-order valence-electron chi connectivity index (χ4n) is 2.72. The van der Waals surface area contributed by atoms with E-state index in [2.05, 4.69) is 0 Å². The summed E-state index contributed by atoms with van der Waals surface area (Å²) in [6.45, 7) is 1.36. The largest absolute Gasteiger partial charge is 0.496 e. The molecule has 6 nitrogen and oxygen atoms in total. The van der Waals surface area contributed by atoms with Crippen LogP contribution in [0.4, 0.5) is 0 Å². The number of thiol groups is 1. The van der Waals surface area contributed by atoms with Gasteiger partial charge in [-0.15, -0.1) is 0 Å². The van der Waals surface area contributed by atoms with E-state index in [0.29, 0.717) is 37.7 Å². The van der Waals surface area contributed by atoms with Gasteiger partial charge in [-0.05, 0) is 24.5 Å². The lowest BCUT2D eigenvalue weighted by Gasteiger charge is -2.28. The number of ether oxygens (including phenoxy) is 2. The van der Waals surface area contributed by atoms with Crippen LogP contribution in [0.25, 0.3) is 0 Å². The zero-order chi connectivity index (χ0) is 15.0. The molecule has 0 bridgehead atoms. The van der Waals surface area contributed by atoms with Crippen LogP contribution in [0.15, 0.2) is 18.2 Å². The van der Waals surface area contributed by atoms with Crippen molar-refractivity contribution in [2.24, 2.45) is 0 Å². The van der Waals surface area contributed by atoms with E-state index in [4.69, 9.17) is 9.47 Å². The van der Waals surface area contributed by atoms with E-state index in [9.17, 15) is 13.2 Å². The fraction of sp³-hybridized carbons (Fsp3) is 0.500. The second kappa shape index (κ2) is 5.31. The number of nitrogens with one attached hydrogen (secondary N) is 1. The van der Waals surface area contributed by atoms with Gasteiger partial charge in [0.1, 0.15) is 5.75 Å². The third-order valence-electron chi connectivity index (χ3n) is 4.23. The van der Waals surface area contributed by atoms with Crippen molar-refractivity contribution in [2.75, 3.05) is 20.3 Å². The van der Waals surface area contributed by atoms with Gasteiger partial charge in [0, 0.05) is 11.5 Å². The zero-order valence-corrected chi connectivity index (χ0v) is 12.5. The third kappa shape index (κ3) is 2.51. The van der Waals surface area contributed by atoms with Crippen molar-refractivity contribution in [2.45, 2.75) is 24.2 Å². The molecule has 0 unspecified atom stereocenters. The minimum atomic E-state index is -2.94. The normalized spacial score (nSPS) is 19.9. The maximum absolute atomic E-state index is 12.2. The molecule has 2 aliphatic rings. The first-order chi connectivity index (χ1) is 10.1. The van der Waals surface area contributed by atoms with E-state index in [1.807, 2.05) is 22.9 Å². The molecule has 21 heavy (non-hydrogen) atoms. The van der Waals surface area contributed by atoms with Crippen LogP contribution in [0.2, 0.25) is 0 Å². The first kappa shape index (κ1) is 14.3. The average molecular weight is 311 g/mol. The molecule has 1 aliphatic heterocycles. The van der Waals surface area contributed by atoms with Gasteiger partial charge in [-0.1, -0.05) is 12.1 Å². The summed E-state index contributed by atoms with van der Waals surface area (Å²) in [5.74, 6) is 0.483. The molecule has 3 rings (SSSR count). The maximum Gasteiger partial charge on any atom is 0.244 e. The van der Waals surface area contributed by atoms with Crippen molar-refractivity contribution in [1.82, 2.24) is 4.72 Å². The Bertz CT molecular complexity index is 639. The maximum atomic E-state index is 12.2. The second-order valence-electron chi connectivity index (χ2n) is 5.47. The van der Waals surface area contributed by atoms with Crippen LogP contribution in [0, 0.1) is 0 Å². The number of rotatable bonds is 5. The van der Waals surface area contributed by atoms with Gasteiger partial charge in [-0.25, -0.2) is 8.42 Å². The van der Waals surface area contributed by atoms with Crippen LogP contribution in [-0.4, -0.2) is 34.6 Å². The van der Waals surface area contributed by atoms with Crippen LogP contribution >= 0.6 is 0 Å². The van der Waals surface area contributed by atoms with Crippen molar-refractivity contribution in [1.29, 1.82) is 0 Å². The lowest BCUT2D eigenvalue weighted by Crippen LogP contribution is -2.34. The van der Waals surface area contributed by atoms with E-state index in [0.717, 1.165) is 11.1 Å². The van der Waals surface area contributed by atoms with Crippen LogP contribution in [0.5, 0.6) is 5.75 Å². The lowest BCUT2D eigenvalue weighted by atomic mass is 9.88. The molecule has 2 fully saturated rings. The van der Waals surface area contributed by atoms with E-state index in [-0.39, 0.29) is 0 Å². The zero-order valence-electron chi connectivity index (χ0n) is 11.6. The molecule has 1 saturated carbocycles. The summed E-state index contributed by atoms with van der Waals surface area (Å²) in [5, 5.41) is 0. The molecule has 1 heterocycles. The van der Waals surface area contributed by atoms with Gasteiger partial charge in [0.05, 0.1) is 25.7 Å². The Morgan fingerprint density at radius 1 is 1.38 bits per heavy atom. The molecular formula is C14H17NO5S. The van der Waals surface area contributed by atoms with Crippen LogP contribution < -0.4 is 9.46 Å². The van der Waals surface area contributed by atoms with Crippen molar-refractivity contribution in [3.8, 4) is 5.75 Å². The fourth-order valence-corrected chi connectivity index (χ4v) is 3.10. The van der Waals surface area contributed by atoms with E-state index in [1.165, 1.54) is 0 Å². The van der Waals surface area contributed by atoms with Crippen LogP contribution in [0.3, 0.4) is 0 Å². The molecule has 1 N–H and O–H groups in total. The van der Waals surface area contributed by atoms with Gasteiger partial charge >= 0.3 is 0 Å². The SMILES string of the molecule is COc1ccc(C2COC2)cc1C1(C(=O)N[SH](=O)=O)CC1. The summed E-state index contributed by atoms with van der Waals surface area (Å²) < 4.78 is 34.1. The molecule has 1 aliphatic carbocycles. The molecule has 0 atom stereocenters. The van der Waals surface area contributed by atoms with Crippen molar-refractivity contribution < 1.29 is 22.7 Å². The van der Waals surface area contributed by atoms with Crippen molar-refractivity contribution in [3.05, 3.63) is 29.3 Å². The molecule has 1 aromatic rings. The number of methoxy groups -OCH3 is 1. The topological polar surface area (TPSA) is 81.7 Å². The van der Waals surface area contributed by atoms with Crippen LogP contribution in [0.1, 0.15) is 29.9 Å². The summed E-state index contributed by atoms with van der Waals surface area (Å²) in [4.78, 5) is 12.2. The molecule has 1 amide bonds. The molecule has 1 saturated heterocycles. The second-order valence-corrected chi connectivity index (χ2v) is 6.21. The minimum absolute atomic E-state index is 0.338. The van der Waals surface area contributed by atoms with Gasteiger partial charge < -0.3 is 9.47 Å². The summed E-state index contributed by atoms with van der Waals surface area (Å²) in [6, 6.07) is 5.77. The summed E-state index contributed by atoms with van der Waals surface area (Å²) in [5.41, 5.74) is 1.09. The Morgan fingerprint density at radius 2 is 2.10 bits per heavy atom. The van der Waals surface area contributed by atoms with Gasteiger partial charge in [0.25, 0.3) is 0 Å². The molecular weight excluding hydrogens is 294 g/mol. The van der Waals surface area contributed by atoms with Crippen molar-refractivity contribution in [3.63, 3.8) is 0 Å². The average Bonchev–Trinajstić information content (AvgIpc) is 3.17. The Morgan fingerprint density at radius 3 is 2.57 bits per heavy atom. The van der Waals surface area contributed by atoms with E-state index >= 15 is 0 Å². The summed E-state index contributed by atoms with van der Waals surface area (Å²) in [7, 11) is -1.39. The van der Waals surface area contributed by atoms with Gasteiger partial charge in [0.15, 0.2) is 0 Å². The predicted octanol–water partition coefficient (Wildman–Crippen LogP) is 0.483. The number of hydrogen-bond acceptors (Lipinski definition) is 5. The first-order valence-corrected chi connectivity index (χ1v) is 7.96. The molecule has 0 spiro atoms. The standard InChI is InChI=1S/C14H17NO5S/c1-19-12-3-2-9(10-7-20-8-10)6-11(12)14(4-5-14)13(16)15-21(17)18/h2-3,6,10,21H,4-5,7-8H2,1H3,(H,15,16,17,18). The van der Waals surface area contributed by atoms with E-state index in [1.54, 1.807) is 7.11 Å². The molecule has 7 heteroatoms. The highest BCUT2D eigenvalue weighted by Crippen LogP contribution is 2.52. The monoisotopic (exact) mass is 311 g/mol. The third-order valence-corrected chi connectivity index (χ3v) is 4.61. The Hall–Kier alpha value is -1.60. The predicted molar refractivity (Wildman–Crippen MR) is 75.9 cm³/mol. The smallest absolute Gasteiger partial charge is 0.244 e. The van der Waals surface area contributed by atoms with Gasteiger partial charge in [-0.2, -0.15) is 0 Å². The highest BCUT2D eigenvalue weighted by atomic mass is 32.2. The number of amides is 1. The summed E-state index contributed by atoms with van der Waals surface area (Å²) in [6.07, 6.45) is 1.26. The quantitative estimate of drug-likeness (QED) is 0.773. The Labute approximate surface area is 124 Å². The van der Waals surface area contributed by atoms with E-state index < -0.39 is 22.2 Å². The number of hydrogen-bond donors (Lipinski definition) is 2. The van der Waals surface area contributed by atoms with Crippen LogP contribution in [-0.2, 0) is 25.8 Å². The lowest BCUT2D eigenvalue weighted by molar-refractivity contribution is -0.121. The molecule has 0 radical (unpaired) electrons. The molecule has 114 valence electrons. The van der Waals surface area contributed by atoms with Crippen molar-refractivity contribution >= 4 is 16.8 Å². The summed E-state index contributed by atoms with van der Waals surface area (Å²) >= 11 is 0. The number of carbonyl (C=O) groups is 1. The number of benzene rings is 1. The first-order valence-electron chi connectivity index (χ1n) is 6.78.